The van der Waals surface area contributed by atoms with E-state index in [1.807, 2.05) is 18.2 Å². The van der Waals surface area contributed by atoms with Crippen molar-refractivity contribution in [1.29, 1.82) is 0 Å². The minimum Gasteiger partial charge on any atom is -0.325 e. The Morgan fingerprint density at radius 2 is 2.19 bits per heavy atom. The van der Waals surface area contributed by atoms with Crippen LogP contribution in [0.3, 0.4) is 0 Å². The first kappa shape index (κ1) is 10.9. The molecule has 0 atom stereocenters. The van der Waals surface area contributed by atoms with Crippen molar-refractivity contribution in [2.45, 2.75) is 11.4 Å². The topological polar surface area (TPSA) is 58.6 Å². The molecule has 4 nitrogen and oxygen atoms in total. The third-order valence-electron chi connectivity index (χ3n) is 2.00. The molecule has 2 rings (SSSR count). The summed E-state index contributed by atoms with van der Waals surface area (Å²) in [5.74, 6) is 0.803. The van der Waals surface area contributed by atoms with Gasteiger partial charge in [0.1, 0.15) is 0 Å². The van der Waals surface area contributed by atoms with Crippen LogP contribution in [0.4, 0.5) is 0 Å². The summed E-state index contributed by atoms with van der Waals surface area (Å²) in [4.78, 5) is 22.1. The summed E-state index contributed by atoms with van der Waals surface area (Å²) >= 11 is 1.45. The molecule has 0 saturated carbocycles. The van der Waals surface area contributed by atoms with Crippen LogP contribution in [0.15, 0.2) is 46.6 Å². The summed E-state index contributed by atoms with van der Waals surface area (Å²) < 4.78 is 0. The van der Waals surface area contributed by atoms with Gasteiger partial charge in [-0.15, -0.1) is 11.8 Å². The molecule has 0 bridgehead atoms. The highest BCUT2D eigenvalue weighted by molar-refractivity contribution is 7.99. The second-order valence-corrected chi connectivity index (χ2v) is 4.23. The molecule has 0 spiro atoms. The number of hydrogen-bond acceptors (Lipinski definition) is 4. The third kappa shape index (κ3) is 2.93. The molecular weight excluding hydrogens is 222 g/mol. The molecule has 0 amide bonds. The van der Waals surface area contributed by atoms with Crippen LogP contribution >= 0.6 is 11.8 Å². The maximum Gasteiger partial charge on any atom is 0.280 e. The summed E-state index contributed by atoms with van der Waals surface area (Å²) in [5.41, 5.74) is 0.899. The van der Waals surface area contributed by atoms with E-state index in [4.69, 9.17) is 0 Å². The summed E-state index contributed by atoms with van der Waals surface area (Å²) in [6.45, 7) is 0. The second-order valence-electron chi connectivity index (χ2n) is 3.14. The quantitative estimate of drug-likeness (QED) is 0.813. The number of H-pyrrole nitrogens is 1. The van der Waals surface area contributed by atoms with Gasteiger partial charge in [0.15, 0.2) is 5.03 Å². The van der Waals surface area contributed by atoms with Gasteiger partial charge in [-0.2, -0.15) is 0 Å². The lowest BCUT2D eigenvalue weighted by Crippen LogP contribution is -2.09. The number of aromatic amines is 1. The molecule has 5 heteroatoms. The van der Waals surface area contributed by atoms with E-state index < -0.39 is 0 Å². The predicted molar refractivity (Wildman–Crippen MR) is 63.5 cm³/mol. The van der Waals surface area contributed by atoms with Crippen LogP contribution in [0.25, 0.3) is 0 Å². The first-order valence-corrected chi connectivity index (χ1v) is 5.91. The first-order chi connectivity index (χ1) is 7.86. The number of pyridine rings is 1. The number of nitrogens with one attached hydrogen (secondary N) is 1. The minimum absolute atomic E-state index is 0.131. The van der Waals surface area contributed by atoms with E-state index in [9.17, 15) is 4.79 Å². The van der Waals surface area contributed by atoms with Crippen LogP contribution in [0.1, 0.15) is 5.69 Å². The van der Waals surface area contributed by atoms with Crippen molar-refractivity contribution in [2.24, 2.45) is 0 Å². The van der Waals surface area contributed by atoms with E-state index >= 15 is 0 Å². The molecule has 0 aliphatic carbocycles. The Bertz CT molecular complexity index is 498. The Hall–Kier alpha value is -1.62. The predicted octanol–water partition coefficient (Wildman–Crippen LogP) is 1.50. The van der Waals surface area contributed by atoms with Crippen LogP contribution < -0.4 is 5.56 Å². The molecule has 2 aromatic rings. The number of aromatic nitrogens is 3. The Morgan fingerprint density at radius 3 is 2.94 bits per heavy atom. The van der Waals surface area contributed by atoms with E-state index in [2.05, 4.69) is 15.0 Å². The molecule has 0 saturated heterocycles. The second kappa shape index (κ2) is 5.46. The molecule has 82 valence electrons. The van der Waals surface area contributed by atoms with Crippen molar-refractivity contribution in [2.75, 3.05) is 5.75 Å². The van der Waals surface area contributed by atoms with Gasteiger partial charge in [0.25, 0.3) is 5.56 Å². The molecule has 0 unspecified atom stereocenters. The maximum atomic E-state index is 11.3. The Morgan fingerprint density at radius 1 is 1.25 bits per heavy atom. The Labute approximate surface area is 97.2 Å². The SMILES string of the molecule is O=c1[nH]ccnc1SCCc1ccccn1. The molecule has 0 aliphatic rings. The number of aryl methyl sites for hydroxylation is 1. The fourth-order valence-electron chi connectivity index (χ4n) is 1.24. The number of thioether (sulfide) groups is 1. The van der Waals surface area contributed by atoms with E-state index in [1.54, 1.807) is 12.4 Å². The lowest BCUT2D eigenvalue weighted by molar-refractivity contribution is 0.988. The van der Waals surface area contributed by atoms with Crippen molar-refractivity contribution in [3.63, 3.8) is 0 Å². The summed E-state index contributed by atoms with van der Waals surface area (Å²) in [7, 11) is 0. The highest BCUT2D eigenvalue weighted by Gasteiger charge is 2.01. The van der Waals surface area contributed by atoms with Crippen LogP contribution in [-0.4, -0.2) is 20.7 Å². The van der Waals surface area contributed by atoms with Crippen LogP contribution in [0.5, 0.6) is 0 Å². The number of rotatable bonds is 4. The average Bonchev–Trinajstić information content (AvgIpc) is 2.33. The third-order valence-corrected chi connectivity index (χ3v) is 2.97. The van der Waals surface area contributed by atoms with E-state index in [0.29, 0.717) is 5.03 Å². The van der Waals surface area contributed by atoms with Gasteiger partial charge in [-0.3, -0.25) is 9.78 Å². The van der Waals surface area contributed by atoms with Crippen molar-refractivity contribution in [3.8, 4) is 0 Å². The lowest BCUT2D eigenvalue weighted by Gasteiger charge is -1.99. The normalized spacial score (nSPS) is 10.2. The van der Waals surface area contributed by atoms with Crippen LogP contribution in [-0.2, 0) is 6.42 Å². The van der Waals surface area contributed by atoms with Crippen molar-refractivity contribution in [3.05, 3.63) is 52.8 Å². The van der Waals surface area contributed by atoms with Gasteiger partial charge in [0.05, 0.1) is 0 Å². The molecule has 0 fully saturated rings. The molecule has 2 aromatic heterocycles. The van der Waals surface area contributed by atoms with Crippen molar-refractivity contribution < 1.29 is 0 Å². The minimum atomic E-state index is -0.131. The maximum absolute atomic E-state index is 11.3. The van der Waals surface area contributed by atoms with Gasteiger partial charge in [-0.05, 0) is 18.6 Å². The first-order valence-electron chi connectivity index (χ1n) is 4.92. The standard InChI is InChI=1S/C11H11N3OS/c15-10-11(14-7-6-13-10)16-8-4-9-3-1-2-5-12-9/h1-3,5-7H,4,8H2,(H,13,15). The van der Waals surface area contributed by atoms with Crippen LogP contribution in [0.2, 0.25) is 0 Å². The summed E-state index contributed by atoms with van der Waals surface area (Å²) in [6.07, 6.45) is 5.73. The fourth-order valence-corrected chi connectivity index (χ4v) is 2.07. The van der Waals surface area contributed by atoms with Gasteiger partial charge >= 0.3 is 0 Å². The van der Waals surface area contributed by atoms with Crippen molar-refractivity contribution in [1.82, 2.24) is 15.0 Å². The van der Waals surface area contributed by atoms with Gasteiger partial charge in [-0.25, -0.2) is 4.98 Å². The van der Waals surface area contributed by atoms with Gasteiger partial charge in [-0.1, -0.05) is 6.07 Å². The summed E-state index contributed by atoms with van der Waals surface area (Å²) in [6, 6.07) is 5.82. The molecule has 0 radical (unpaired) electrons. The Kier molecular flexibility index (Phi) is 3.71. The Balaban J connectivity index is 1.90. The molecule has 16 heavy (non-hydrogen) atoms. The molecular formula is C11H11N3OS. The molecule has 0 aromatic carbocycles. The van der Waals surface area contributed by atoms with Gasteiger partial charge in [0.2, 0.25) is 0 Å². The highest BCUT2D eigenvalue weighted by Crippen LogP contribution is 2.11. The smallest absolute Gasteiger partial charge is 0.280 e. The molecule has 1 N–H and O–H groups in total. The van der Waals surface area contributed by atoms with Crippen LogP contribution in [0, 0.1) is 0 Å². The molecule has 0 aliphatic heterocycles. The lowest BCUT2D eigenvalue weighted by atomic mass is 10.3. The highest BCUT2D eigenvalue weighted by atomic mass is 32.2. The average molecular weight is 233 g/mol. The van der Waals surface area contributed by atoms with Gasteiger partial charge < -0.3 is 4.98 Å². The molecule has 2 heterocycles. The zero-order valence-corrected chi connectivity index (χ0v) is 9.41. The number of nitrogens with zero attached hydrogens (tertiary/aromatic N) is 2. The fraction of sp³-hybridized carbons (Fsp3) is 0.182. The zero-order valence-electron chi connectivity index (χ0n) is 8.59. The van der Waals surface area contributed by atoms with E-state index in [0.717, 1.165) is 17.9 Å². The zero-order chi connectivity index (χ0) is 11.2. The number of hydrogen-bond donors (Lipinski definition) is 1. The van der Waals surface area contributed by atoms with E-state index in [-0.39, 0.29) is 5.56 Å². The largest absolute Gasteiger partial charge is 0.325 e. The van der Waals surface area contributed by atoms with E-state index in [1.165, 1.54) is 18.0 Å². The van der Waals surface area contributed by atoms with Gasteiger partial charge in [0, 0.05) is 30.0 Å². The van der Waals surface area contributed by atoms with Crippen molar-refractivity contribution >= 4 is 11.8 Å². The summed E-state index contributed by atoms with van der Waals surface area (Å²) in [5, 5.41) is 0.512. The monoisotopic (exact) mass is 233 g/mol.